The van der Waals surface area contributed by atoms with Crippen LogP contribution in [0.25, 0.3) is 0 Å². The molecule has 1 aliphatic heterocycles. The molecular weight excluding hydrogens is 477 g/mol. The second-order valence-electron chi connectivity index (χ2n) is 6.87. The lowest BCUT2D eigenvalue weighted by atomic mass is 10.2. The maximum atomic E-state index is 12.1. The summed E-state index contributed by atoms with van der Waals surface area (Å²) in [6.45, 7) is 5.35. The Balaban J connectivity index is 0.00000300. The largest absolute Gasteiger partial charge is 0.369 e. The van der Waals surface area contributed by atoms with Gasteiger partial charge in [-0.2, -0.15) is 0 Å². The predicted molar refractivity (Wildman–Crippen MR) is 130 cm³/mol. The third-order valence-electron chi connectivity index (χ3n) is 4.71. The van der Waals surface area contributed by atoms with Crippen molar-refractivity contribution in [1.29, 1.82) is 0 Å². The highest BCUT2D eigenvalue weighted by Crippen LogP contribution is 2.19. The van der Waals surface area contributed by atoms with Gasteiger partial charge in [0.15, 0.2) is 5.96 Å². The second kappa shape index (κ2) is 12.3. The quantitative estimate of drug-likeness (QED) is 0.307. The van der Waals surface area contributed by atoms with Crippen LogP contribution in [0.4, 0.5) is 5.69 Å². The number of aliphatic imine (C=N–C) groups is 1. The number of guanidine groups is 1. The molecule has 1 fully saturated rings. The number of para-hydroxylation sites is 1. The lowest BCUT2D eigenvalue weighted by Crippen LogP contribution is -2.45. The summed E-state index contributed by atoms with van der Waals surface area (Å²) in [5, 5.41) is 9.61. The normalized spacial score (nSPS) is 16.1. The van der Waals surface area contributed by atoms with Crippen molar-refractivity contribution in [3.63, 3.8) is 0 Å². The van der Waals surface area contributed by atoms with Crippen molar-refractivity contribution in [2.75, 3.05) is 31.1 Å². The van der Waals surface area contributed by atoms with E-state index in [2.05, 4.69) is 50.1 Å². The Labute approximate surface area is 190 Å². The van der Waals surface area contributed by atoms with Gasteiger partial charge in [0.2, 0.25) is 5.91 Å². The van der Waals surface area contributed by atoms with Crippen molar-refractivity contribution in [3.8, 4) is 0 Å². The smallest absolute Gasteiger partial charge is 0.242 e. The third-order valence-corrected chi connectivity index (χ3v) is 4.71. The molecule has 1 aliphatic rings. The highest BCUT2D eigenvalue weighted by Gasteiger charge is 2.23. The van der Waals surface area contributed by atoms with Crippen LogP contribution in [-0.4, -0.2) is 44.1 Å². The minimum atomic E-state index is -0.0848. The number of amides is 1. The molecule has 3 rings (SSSR count). The maximum Gasteiger partial charge on any atom is 0.242 e. The first kappa shape index (κ1) is 23.0. The number of anilines is 1. The molecule has 2 aromatic rings. The number of nitrogens with zero attached hydrogens (tertiary/aromatic N) is 2. The van der Waals surface area contributed by atoms with Crippen LogP contribution in [-0.2, 0) is 11.3 Å². The van der Waals surface area contributed by atoms with E-state index < -0.39 is 0 Å². The number of carbonyl (C=O) groups is 1. The molecule has 2 aromatic carbocycles. The van der Waals surface area contributed by atoms with Gasteiger partial charge in [-0.15, -0.1) is 24.0 Å². The van der Waals surface area contributed by atoms with E-state index in [0.717, 1.165) is 31.6 Å². The van der Waals surface area contributed by atoms with E-state index in [-0.39, 0.29) is 36.4 Å². The Morgan fingerprint density at radius 1 is 1.07 bits per heavy atom. The van der Waals surface area contributed by atoms with Gasteiger partial charge in [-0.25, -0.2) is 4.99 Å². The fourth-order valence-corrected chi connectivity index (χ4v) is 3.27. The van der Waals surface area contributed by atoms with Gasteiger partial charge in [0, 0.05) is 37.9 Å². The van der Waals surface area contributed by atoms with E-state index in [1.54, 1.807) is 0 Å². The highest BCUT2D eigenvalue weighted by molar-refractivity contribution is 14.0. The van der Waals surface area contributed by atoms with Crippen molar-refractivity contribution < 1.29 is 4.79 Å². The Bertz CT molecular complexity index is 769. The first-order chi connectivity index (χ1) is 13.7. The summed E-state index contributed by atoms with van der Waals surface area (Å²) in [7, 11) is 0. The van der Waals surface area contributed by atoms with E-state index in [4.69, 9.17) is 0 Å². The second-order valence-corrected chi connectivity index (χ2v) is 6.87. The summed E-state index contributed by atoms with van der Waals surface area (Å²) in [5.41, 5.74) is 2.32. The third kappa shape index (κ3) is 7.56. The van der Waals surface area contributed by atoms with Gasteiger partial charge < -0.3 is 20.9 Å². The topological polar surface area (TPSA) is 68.8 Å². The Hall–Kier alpha value is -2.29. The van der Waals surface area contributed by atoms with E-state index in [1.807, 2.05) is 43.3 Å². The molecule has 29 heavy (non-hydrogen) atoms. The number of halogens is 1. The fourth-order valence-electron chi connectivity index (χ4n) is 3.27. The van der Waals surface area contributed by atoms with Crippen LogP contribution in [0.1, 0.15) is 18.9 Å². The molecule has 6 nitrogen and oxygen atoms in total. The summed E-state index contributed by atoms with van der Waals surface area (Å²) in [5.74, 6) is 0.607. The summed E-state index contributed by atoms with van der Waals surface area (Å²) in [4.78, 5) is 18.9. The summed E-state index contributed by atoms with van der Waals surface area (Å²) < 4.78 is 0. The monoisotopic (exact) mass is 507 g/mol. The van der Waals surface area contributed by atoms with E-state index in [9.17, 15) is 4.79 Å². The van der Waals surface area contributed by atoms with Crippen molar-refractivity contribution in [3.05, 3.63) is 66.2 Å². The molecule has 0 bridgehead atoms. The molecule has 1 atom stereocenters. The van der Waals surface area contributed by atoms with E-state index >= 15 is 0 Å². The Kier molecular flexibility index (Phi) is 9.76. The van der Waals surface area contributed by atoms with Gasteiger partial charge in [-0.05, 0) is 31.0 Å². The standard InChI is InChI=1S/C22H29N5O.HI/c1-2-23-22(25-16-21(28)24-15-18-9-5-3-6-10-18)26-19-13-14-27(17-19)20-11-7-4-8-12-20;/h3-12,19H,2,13-17H2,1H3,(H,24,28)(H2,23,25,26);1H. The first-order valence-electron chi connectivity index (χ1n) is 9.90. The number of nitrogens with one attached hydrogen (secondary N) is 3. The van der Waals surface area contributed by atoms with Gasteiger partial charge in [-0.1, -0.05) is 48.5 Å². The fraction of sp³-hybridized carbons (Fsp3) is 0.364. The molecule has 3 N–H and O–H groups in total. The molecule has 156 valence electrons. The van der Waals surface area contributed by atoms with Gasteiger partial charge in [0.25, 0.3) is 0 Å². The van der Waals surface area contributed by atoms with Crippen LogP contribution < -0.4 is 20.9 Å². The number of carbonyl (C=O) groups excluding carboxylic acids is 1. The Morgan fingerprint density at radius 2 is 1.76 bits per heavy atom. The average molecular weight is 507 g/mol. The predicted octanol–water partition coefficient (Wildman–Crippen LogP) is 2.75. The summed E-state index contributed by atoms with van der Waals surface area (Å²) in [6, 6.07) is 20.6. The Morgan fingerprint density at radius 3 is 2.45 bits per heavy atom. The molecule has 7 heteroatoms. The molecule has 0 spiro atoms. The molecule has 1 saturated heterocycles. The van der Waals surface area contributed by atoms with Crippen molar-refractivity contribution in [2.45, 2.75) is 25.9 Å². The van der Waals surface area contributed by atoms with Crippen LogP contribution in [0.15, 0.2) is 65.7 Å². The number of rotatable bonds is 7. The van der Waals surface area contributed by atoms with Crippen LogP contribution in [0.3, 0.4) is 0 Å². The molecule has 1 amide bonds. The minimum Gasteiger partial charge on any atom is -0.369 e. The van der Waals surface area contributed by atoms with Gasteiger partial charge >= 0.3 is 0 Å². The zero-order valence-corrected chi connectivity index (χ0v) is 19.1. The molecule has 0 aromatic heterocycles. The highest BCUT2D eigenvalue weighted by atomic mass is 127. The molecule has 0 aliphatic carbocycles. The van der Waals surface area contributed by atoms with Gasteiger partial charge in [0.05, 0.1) is 0 Å². The zero-order valence-electron chi connectivity index (χ0n) is 16.8. The van der Waals surface area contributed by atoms with Crippen molar-refractivity contribution in [1.82, 2.24) is 16.0 Å². The molecule has 1 unspecified atom stereocenters. The first-order valence-corrected chi connectivity index (χ1v) is 9.90. The number of hydrogen-bond acceptors (Lipinski definition) is 3. The summed E-state index contributed by atoms with van der Waals surface area (Å²) >= 11 is 0. The molecule has 1 heterocycles. The SMILES string of the molecule is CCNC(=NCC(=O)NCc1ccccc1)NC1CCN(c2ccccc2)C1.I. The number of benzene rings is 2. The molecular formula is C22H30IN5O. The zero-order chi connectivity index (χ0) is 19.6. The summed E-state index contributed by atoms with van der Waals surface area (Å²) in [6.07, 6.45) is 1.04. The van der Waals surface area contributed by atoms with Gasteiger partial charge in [-0.3, -0.25) is 4.79 Å². The molecule has 0 radical (unpaired) electrons. The number of hydrogen-bond donors (Lipinski definition) is 3. The van der Waals surface area contributed by atoms with Crippen LogP contribution in [0, 0.1) is 0 Å². The van der Waals surface area contributed by atoms with E-state index in [0.29, 0.717) is 18.5 Å². The lowest BCUT2D eigenvalue weighted by Gasteiger charge is -2.20. The van der Waals surface area contributed by atoms with Gasteiger partial charge in [0.1, 0.15) is 6.54 Å². The lowest BCUT2D eigenvalue weighted by molar-refractivity contribution is -0.119. The van der Waals surface area contributed by atoms with Crippen LogP contribution >= 0.6 is 24.0 Å². The maximum absolute atomic E-state index is 12.1. The van der Waals surface area contributed by atoms with Crippen LogP contribution in [0.2, 0.25) is 0 Å². The van der Waals surface area contributed by atoms with Crippen molar-refractivity contribution in [2.24, 2.45) is 4.99 Å². The average Bonchev–Trinajstić information content (AvgIpc) is 3.20. The van der Waals surface area contributed by atoms with Crippen LogP contribution in [0.5, 0.6) is 0 Å². The van der Waals surface area contributed by atoms with Crippen molar-refractivity contribution >= 4 is 41.5 Å². The minimum absolute atomic E-state index is 0. The molecule has 0 saturated carbocycles. The van der Waals surface area contributed by atoms with E-state index in [1.165, 1.54) is 5.69 Å².